The van der Waals surface area contributed by atoms with E-state index in [2.05, 4.69) is 5.32 Å². The van der Waals surface area contributed by atoms with Gasteiger partial charge in [-0.2, -0.15) is 0 Å². The number of phenolic OH excluding ortho intramolecular Hbond substituents is 1. The summed E-state index contributed by atoms with van der Waals surface area (Å²) in [6.45, 7) is 11.7. The van der Waals surface area contributed by atoms with Crippen LogP contribution in [0.25, 0.3) is 0 Å². The molecule has 1 aromatic carbocycles. The van der Waals surface area contributed by atoms with Crippen molar-refractivity contribution in [3.8, 4) is 11.5 Å². The summed E-state index contributed by atoms with van der Waals surface area (Å²) >= 11 is 0. The minimum Gasteiger partial charge on any atom is -0.507 e. The van der Waals surface area contributed by atoms with Gasteiger partial charge in [-0.1, -0.05) is 45.9 Å². The van der Waals surface area contributed by atoms with Crippen molar-refractivity contribution in [2.24, 2.45) is 23.7 Å². The van der Waals surface area contributed by atoms with Crippen LogP contribution < -0.4 is 10.1 Å². The summed E-state index contributed by atoms with van der Waals surface area (Å²) in [5.74, 6) is -11.4. The molecule has 6 rings (SSSR count). The summed E-state index contributed by atoms with van der Waals surface area (Å²) in [5.41, 5.74) is -1.23. The zero-order valence-corrected chi connectivity index (χ0v) is 31.6. The molecule has 0 saturated carbocycles. The second-order valence-corrected chi connectivity index (χ2v) is 14.4. The van der Waals surface area contributed by atoms with Crippen LogP contribution in [0, 0.1) is 30.6 Å². The standard InChI is InChI=1S/C39H47NO14/c1-17-11-10-12-18(2)37(48)40-24-15-39(51-16-26(42)53-39)29-27(33(24)46)32(45)22(6)35-28(29)36(47)38(8,54-35)50-14-13-25(49-9)19(3)34(52-23(7)41)21(5)31(44)20(4)30(17)43/h10-15,17,19-21,25,30-31,34,43-45H,16H2,1-9H3,(H,40,48)/b11-10+,14-13?,18-12?/t17-,19+,20+,21+,25-,30-,31+,34+,38-,39?/m0/s1. The van der Waals surface area contributed by atoms with E-state index in [4.69, 9.17) is 28.4 Å². The molecule has 0 aromatic heterocycles. The Bertz CT molecular complexity index is 1880. The van der Waals surface area contributed by atoms with E-state index in [1.54, 1.807) is 39.8 Å². The fourth-order valence-corrected chi connectivity index (χ4v) is 7.37. The number of ether oxygens (including phenoxy) is 6. The number of hydrogen-bond donors (Lipinski definition) is 4. The van der Waals surface area contributed by atoms with Gasteiger partial charge in [0, 0.05) is 61.8 Å². The maximum absolute atomic E-state index is 14.3. The lowest BCUT2D eigenvalue weighted by atomic mass is 9.78. The first-order chi connectivity index (χ1) is 25.3. The third-order valence-corrected chi connectivity index (χ3v) is 10.6. The van der Waals surface area contributed by atoms with Crippen LogP contribution in [0.1, 0.15) is 80.3 Å². The number of aliphatic hydroxyl groups is 2. The first-order valence-electron chi connectivity index (χ1n) is 17.6. The minimum absolute atomic E-state index is 0.00812. The Kier molecular flexibility index (Phi) is 11.3. The number of esters is 2. The summed E-state index contributed by atoms with van der Waals surface area (Å²) in [7, 11) is 1.42. The normalized spacial score (nSPS) is 35.1. The lowest BCUT2D eigenvalue weighted by Gasteiger charge is -2.38. The van der Waals surface area contributed by atoms with Crippen molar-refractivity contribution in [2.45, 2.75) is 91.4 Å². The average molecular weight is 754 g/mol. The number of methoxy groups -OCH3 is 1. The number of aromatic hydroxyl groups is 1. The predicted octanol–water partition coefficient (Wildman–Crippen LogP) is 3.17. The summed E-state index contributed by atoms with van der Waals surface area (Å²) < 4.78 is 34.8. The minimum atomic E-state index is -2.21. The zero-order chi connectivity index (χ0) is 40.0. The van der Waals surface area contributed by atoms with Crippen molar-refractivity contribution >= 4 is 29.4 Å². The van der Waals surface area contributed by atoms with E-state index in [-0.39, 0.29) is 33.7 Å². The van der Waals surface area contributed by atoms with Crippen molar-refractivity contribution in [1.29, 1.82) is 0 Å². The highest BCUT2D eigenvalue weighted by Crippen LogP contribution is 2.53. The summed E-state index contributed by atoms with van der Waals surface area (Å²) in [5, 5.41) is 36.6. The molecule has 1 aromatic rings. The Morgan fingerprint density at radius 1 is 0.963 bits per heavy atom. The lowest BCUT2D eigenvalue weighted by Crippen LogP contribution is -2.46. The van der Waals surface area contributed by atoms with Crippen LogP contribution in [0.2, 0.25) is 0 Å². The molecule has 1 aliphatic carbocycles. The molecule has 1 fully saturated rings. The van der Waals surface area contributed by atoms with Gasteiger partial charge in [0.25, 0.3) is 17.5 Å². The second-order valence-electron chi connectivity index (χ2n) is 14.4. The number of carbonyl (C=O) groups is 5. The van der Waals surface area contributed by atoms with Crippen molar-refractivity contribution in [3.05, 3.63) is 70.2 Å². The monoisotopic (exact) mass is 753 g/mol. The number of amides is 1. The number of carbonyl (C=O) groups excluding carboxylic acids is 5. The van der Waals surface area contributed by atoms with E-state index in [9.17, 15) is 39.3 Å². The van der Waals surface area contributed by atoms with Crippen molar-refractivity contribution in [1.82, 2.24) is 5.32 Å². The van der Waals surface area contributed by atoms with Crippen LogP contribution >= 0.6 is 0 Å². The molecule has 292 valence electrons. The fourth-order valence-electron chi connectivity index (χ4n) is 7.37. The number of benzene rings is 1. The van der Waals surface area contributed by atoms with Crippen LogP contribution in [0.5, 0.6) is 11.5 Å². The number of ketones is 2. The summed E-state index contributed by atoms with van der Waals surface area (Å²) in [4.78, 5) is 66.6. The van der Waals surface area contributed by atoms with E-state index < -0.39 is 107 Å². The molecule has 4 aliphatic heterocycles. The molecule has 1 amide bonds. The van der Waals surface area contributed by atoms with Crippen LogP contribution in [-0.2, 0) is 43.9 Å². The molecular weight excluding hydrogens is 706 g/mol. The Morgan fingerprint density at radius 3 is 2.26 bits per heavy atom. The number of nitrogens with one attached hydrogen (secondary N) is 1. The van der Waals surface area contributed by atoms with Gasteiger partial charge in [0.2, 0.25) is 5.78 Å². The molecule has 0 radical (unpaired) electrons. The maximum Gasteiger partial charge on any atom is 0.335 e. The van der Waals surface area contributed by atoms with Gasteiger partial charge in [-0.3, -0.25) is 19.2 Å². The third kappa shape index (κ3) is 7.08. The van der Waals surface area contributed by atoms with Gasteiger partial charge in [0.15, 0.2) is 0 Å². The van der Waals surface area contributed by atoms with E-state index >= 15 is 0 Å². The number of allylic oxidation sites excluding steroid dienone is 3. The molecule has 4 N–H and O–H groups in total. The van der Waals surface area contributed by atoms with Crippen molar-refractivity contribution in [3.63, 3.8) is 0 Å². The van der Waals surface area contributed by atoms with Crippen molar-refractivity contribution in [2.75, 3.05) is 13.7 Å². The van der Waals surface area contributed by atoms with Gasteiger partial charge in [-0.25, -0.2) is 4.79 Å². The topological polar surface area (TPSA) is 213 Å². The Hall–Kier alpha value is -4.83. The van der Waals surface area contributed by atoms with Crippen molar-refractivity contribution < 1.29 is 67.7 Å². The number of aliphatic hydroxyl groups excluding tert-OH is 2. The van der Waals surface area contributed by atoms with Crippen LogP contribution in [-0.4, -0.2) is 88.7 Å². The third-order valence-electron chi connectivity index (χ3n) is 10.6. The number of rotatable bonds is 2. The number of hydrogen-bond acceptors (Lipinski definition) is 14. The van der Waals surface area contributed by atoms with Gasteiger partial charge < -0.3 is 49.1 Å². The maximum atomic E-state index is 14.3. The molecule has 15 heteroatoms. The molecule has 5 aliphatic rings. The number of fused-ring (bicyclic) bond motifs is 13. The first-order valence-corrected chi connectivity index (χ1v) is 17.6. The molecule has 5 bridgehead atoms. The summed E-state index contributed by atoms with van der Waals surface area (Å²) in [6.07, 6.45) is 4.41. The summed E-state index contributed by atoms with van der Waals surface area (Å²) in [6, 6.07) is 0. The van der Waals surface area contributed by atoms with Gasteiger partial charge in [0.1, 0.15) is 24.2 Å². The molecule has 15 nitrogen and oxygen atoms in total. The molecule has 10 atom stereocenters. The van der Waals surface area contributed by atoms with E-state index in [0.29, 0.717) is 0 Å². The Morgan fingerprint density at radius 2 is 1.65 bits per heavy atom. The zero-order valence-electron chi connectivity index (χ0n) is 31.6. The molecule has 1 spiro atoms. The average Bonchev–Trinajstić information content (AvgIpc) is 3.62. The fraction of sp³-hybridized carbons (Fsp3) is 0.513. The predicted molar refractivity (Wildman–Crippen MR) is 189 cm³/mol. The van der Waals surface area contributed by atoms with Gasteiger partial charge in [-0.15, -0.1) is 0 Å². The molecule has 1 unspecified atom stereocenters. The Labute approximate surface area is 312 Å². The quantitative estimate of drug-likeness (QED) is 0.320. The molecular formula is C39H47NO14. The van der Waals surface area contributed by atoms with Crippen LogP contribution in [0.15, 0.2) is 47.9 Å². The SMILES string of the molecule is CO[C@H]1C=CO[C@@]2(C)Oc3c(C)c(O)c4c(c3C2=O)C2(C=C(NC(=O)C(C)=C/C=C/[C@H](C)[C@H](O)[C@@H](C)[C@@H](O)[C@@H](C)[C@H](OC(C)=O)[C@@H]1C)C4=O)OCC(=O)O2. The highest BCUT2D eigenvalue weighted by molar-refractivity contribution is 6.19. The highest BCUT2D eigenvalue weighted by Gasteiger charge is 2.58. The second kappa shape index (κ2) is 15.1. The lowest BCUT2D eigenvalue weighted by molar-refractivity contribution is -0.161. The van der Waals surface area contributed by atoms with E-state index in [1.165, 1.54) is 47.0 Å². The molecule has 54 heavy (non-hydrogen) atoms. The smallest absolute Gasteiger partial charge is 0.335 e. The largest absolute Gasteiger partial charge is 0.507 e. The van der Waals surface area contributed by atoms with Crippen LogP contribution in [0.4, 0.5) is 0 Å². The highest BCUT2D eigenvalue weighted by atomic mass is 16.8. The first kappa shape index (κ1) is 40.4. The molecule has 4 heterocycles. The number of Topliss-reactive ketones (excluding diaryl/α,β-unsaturated/α-hetero) is 2. The Balaban J connectivity index is 1.66. The van der Waals surface area contributed by atoms with Gasteiger partial charge in [0.05, 0.1) is 47.0 Å². The van der Waals surface area contributed by atoms with E-state index in [1.807, 2.05) is 0 Å². The van der Waals surface area contributed by atoms with E-state index in [0.717, 1.165) is 12.3 Å². The molecule has 1 saturated heterocycles. The van der Waals surface area contributed by atoms with Gasteiger partial charge >= 0.3 is 17.7 Å². The number of phenols is 1. The van der Waals surface area contributed by atoms with Crippen LogP contribution in [0.3, 0.4) is 0 Å². The van der Waals surface area contributed by atoms with Gasteiger partial charge in [-0.05, 0) is 19.9 Å².